The van der Waals surface area contributed by atoms with E-state index >= 15 is 0 Å². The summed E-state index contributed by atoms with van der Waals surface area (Å²) in [6.07, 6.45) is 7.01. The van der Waals surface area contributed by atoms with Crippen LogP contribution in [-0.2, 0) is 6.54 Å². The fourth-order valence-corrected chi connectivity index (χ4v) is 3.27. The lowest BCUT2D eigenvalue weighted by Crippen LogP contribution is -2.26. The molecule has 0 saturated carbocycles. The Balaban J connectivity index is 1.52. The molecule has 7 nitrogen and oxygen atoms in total. The first kappa shape index (κ1) is 14.8. The first-order valence-corrected chi connectivity index (χ1v) is 8.49. The summed E-state index contributed by atoms with van der Waals surface area (Å²) in [4.78, 5) is 21.3. The van der Waals surface area contributed by atoms with Gasteiger partial charge in [-0.15, -0.1) is 4.98 Å². The second kappa shape index (κ2) is 6.11. The zero-order valence-electron chi connectivity index (χ0n) is 14.0. The van der Waals surface area contributed by atoms with E-state index in [4.69, 9.17) is 4.74 Å². The van der Waals surface area contributed by atoms with Gasteiger partial charge >= 0.3 is 0 Å². The summed E-state index contributed by atoms with van der Waals surface area (Å²) in [5, 5.41) is 0. The van der Waals surface area contributed by atoms with Crippen molar-refractivity contribution in [3.63, 3.8) is 0 Å². The smallest absolute Gasteiger partial charge is 0.299 e. The molecule has 0 fully saturated rings. The standard InChI is InChI=1S/C19H16N6O/c1-2-17-15(10-25(5-6-26-17)18-3-4-20-11-23-18)7-13(1)14-8-16-19(21-9-14)24-12-22-16/h1-4,7-9,11-12H,5-6,10H2,(H,21,22,24)/p+1. The molecule has 1 aliphatic heterocycles. The molecular weight excluding hydrogens is 328 g/mol. The van der Waals surface area contributed by atoms with Crippen molar-refractivity contribution in [2.75, 3.05) is 18.1 Å². The molecule has 0 amide bonds. The largest absolute Gasteiger partial charge is 0.491 e. The Labute approximate surface area is 149 Å². The Kier molecular flexibility index (Phi) is 3.48. The summed E-state index contributed by atoms with van der Waals surface area (Å²) >= 11 is 0. The van der Waals surface area contributed by atoms with Crippen molar-refractivity contribution in [3.05, 3.63) is 60.9 Å². The van der Waals surface area contributed by atoms with Crippen molar-refractivity contribution in [3.8, 4) is 16.9 Å². The molecule has 7 heteroatoms. The van der Waals surface area contributed by atoms with Crippen LogP contribution in [0.1, 0.15) is 5.56 Å². The number of imidazole rings is 1. The highest BCUT2D eigenvalue weighted by Crippen LogP contribution is 2.30. The third-order valence-electron chi connectivity index (χ3n) is 4.59. The number of aromatic nitrogens is 5. The molecule has 0 bridgehead atoms. The van der Waals surface area contributed by atoms with Gasteiger partial charge in [0.15, 0.2) is 11.8 Å². The van der Waals surface area contributed by atoms with Crippen molar-refractivity contribution < 1.29 is 9.72 Å². The normalized spacial score (nSPS) is 13.9. The summed E-state index contributed by atoms with van der Waals surface area (Å²) < 4.78 is 5.94. The van der Waals surface area contributed by atoms with E-state index in [0.29, 0.717) is 6.61 Å². The van der Waals surface area contributed by atoms with Gasteiger partial charge in [0, 0.05) is 23.9 Å². The zero-order valence-corrected chi connectivity index (χ0v) is 14.0. The van der Waals surface area contributed by atoms with Gasteiger partial charge in [-0.05, 0) is 29.8 Å². The number of hydrogen-bond donors (Lipinski definition) is 1. The van der Waals surface area contributed by atoms with Crippen LogP contribution in [0, 0.1) is 0 Å². The van der Waals surface area contributed by atoms with Crippen LogP contribution in [0.25, 0.3) is 22.3 Å². The summed E-state index contributed by atoms with van der Waals surface area (Å²) in [5.41, 5.74) is 5.14. The van der Waals surface area contributed by atoms with E-state index in [2.05, 4.69) is 48.0 Å². The molecule has 0 radical (unpaired) electrons. The van der Waals surface area contributed by atoms with E-state index in [9.17, 15) is 0 Å². The number of nitrogens with one attached hydrogen (secondary N) is 2. The molecular formula is C19H17N6O+. The topological polar surface area (TPSA) is 81.1 Å². The molecule has 0 aliphatic carbocycles. The van der Waals surface area contributed by atoms with E-state index in [1.165, 1.54) is 0 Å². The van der Waals surface area contributed by atoms with Crippen molar-refractivity contribution >= 4 is 17.0 Å². The highest BCUT2D eigenvalue weighted by atomic mass is 16.5. The number of benzene rings is 1. The Morgan fingerprint density at radius 2 is 2.12 bits per heavy atom. The van der Waals surface area contributed by atoms with Gasteiger partial charge < -0.3 is 9.64 Å². The number of fused-ring (bicyclic) bond motifs is 2. The quantitative estimate of drug-likeness (QED) is 0.602. The molecule has 0 unspecified atom stereocenters. The molecule has 3 aromatic heterocycles. The van der Waals surface area contributed by atoms with Crippen LogP contribution in [-0.4, -0.2) is 33.1 Å². The van der Waals surface area contributed by atoms with E-state index in [1.54, 1.807) is 18.9 Å². The van der Waals surface area contributed by atoms with E-state index in [-0.39, 0.29) is 0 Å². The summed E-state index contributed by atoms with van der Waals surface area (Å²) in [5.74, 6) is 1.83. The van der Waals surface area contributed by atoms with E-state index in [1.807, 2.05) is 18.3 Å². The lowest BCUT2D eigenvalue weighted by Gasteiger charge is -2.20. The second-order valence-electron chi connectivity index (χ2n) is 6.21. The fourth-order valence-electron chi connectivity index (χ4n) is 3.27. The van der Waals surface area contributed by atoms with Gasteiger partial charge in [-0.2, -0.15) is 0 Å². The summed E-state index contributed by atoms with van der Waals surface area (Å²) in [6, 6.07) is 10.3. The second-order valence-corrected chi connectivity index (χ2v) is 6.21. The average Bonchev–Trinajstić information content (AvgIpc) is 3.06. The molecule has 0 spiro atoms. The van der Waals surface area contributed by atoms with Gasteiger partial charge in [-0.1, -0.05) is 6.07 Å². The zero-order chi connectivity index (χ0) is 17.3. The number of nitrogens with zero attached hydrogens (tertiary/aromatic N) is 4. The van der Waals surface area contributed by atoms with Crippen LogP contribution in [0.2, 0.25) is 0 Å². The minimum absolute atomic E-state index is 0.627. The molecule has 1 aliphatic rings. The van der Waals surface area contributed by atoms with Crippen LogP contribution in [0.5, 0.6) is 5.75 Å². The number of pyridine rings is 1. The molecule has 1 aromatic carbocycles. The van der Waals surface area contributed by atoms with Gasteiger partial charge in [0.1, 0.15) is 30.7 Å². The third kappa shape index (κ3) is 2.63. The Bertz CT molecular complexity index is 1060. The maximum Gasteiger partial charge on any atom is 0.299 e. The van der Waals surface area contributed by atoms with Gasteiger partial charge in [-0.25, -0.2) is 15.0 Å². The maximum atomic E-state index is 5.94. The predicted molar refractivity (Wildman–Crippen MR) is 96.7 cm³/mol. The Morgan fingerprint density at radius 3 is 3.04 bits per heavy atom. The average molecular weight is 345 g/mol. The third-order valence-corrected chi connectivity index (χ3v) is 4.59. The Hall–Kier alpha value is -3.48. The van der Waals surface area contributed by atoms with Crippen molar-refractivity contribution in [1.29, 1.82) is 0 Å². The number of hydrogen-bond acceptors (Lipinski definition) is 5. The number of aromatic amines is 2. The molecule has 26 heavy (non-hydrogen) atoms. The number of rotatable bonds is 2. The van der Waals surface area contributed by atoms with Gasteiger partial charge in [0.05, 0.1) is 6.54 Å². The maximum absolute atomic E-state index is 5.94. The number of anilines is 1. The first-order valence-electron chi connectivity index (χ1n) is 8.49. The van der Waals surface area contributed by atoms with Crippen LogP contribution in [0.3, 0.4) is 0 Å². The van der Waals surface area contributed by atoms with Crippen LogP contribution in [0.15, 0.2) is 55.4 Å². The predicted octanol–water partition coefficient (Wildman–Crippen LogP) is 2.23. The van der Waals surface area contributed by atoms with Crippen LogP contribution in [0.4, 0.5) is 5.82 Å². The monoisotopic (exact) mass is 345 g/mol. The minimum Gasteiger partial charge on any atom is -0.491 e. The molecule has 0 saturated heterocycles. The lowest BCUT2D eigenvalue weighted by molar-refractivity contribution is -0.347. The molecule has 2 N–H and O–H groups in total. The van der Waals surface area contributed by atoms with Crippen molar-refractivity contribution in [2.24, 2.45) is 0 Å². The number of ether oxygens (including phenoxy) is 1. The first-order chi connectivity index (χ1) is 12.9. The molecule has 4 heterocycles. The highest BCUT2D eigenvalue weighted by Gasteiger charge is 2.18. The highest BCUT2D eigenvalue weighted by molar-refractivity contribution is 5.76. The Morgan fingerprint density at radius 1 is 1.12 bits per heavy atom. The van der Waals surface area contributed by atoms with Crippen molar-refractivity contribution in [2.45, 2.75) is 6.54 Å². The van der Waals surface area contributed by atoms with Crippen LogP contribution >= 0.6 is 0 Å². The SMILES string of the molecule is c1cc(N2CCOc3ccc(-c4cnc5[nH+]c[nH]c5c4)cc3C2)ncn1. The van der Waals surface area contributed by atoms with E-state index < -0.39 is 0 Å². The minimum atomic E-state index is 0.627. The number of H-pyrrole nitrogens is 2. The summed E-state index contributed by atoms with van der Waals surface area (Å²) in [6.45, 7) is 2.15. The molecule has 4 aromatic rings. The van der Waals surface area contributed by atoms with Gasteiger partial charge in [-0.3, -0.25) is 4.98 Å². The van der Waals surface area contributed by atoms with Crippen molar-refractivity contribution in [1.82, 2.24) is 19.9 Å². The lowest BCUT2D eigenvalue weighted by atomic mass is 10.0. The van der Waals surface area contributed by atoms with E-state index in [0.717, 1.165) is 52.5 Å². The van der Waals surface area contributed by atoms with Gasteiger partial charge in [0.25, 0.3) is 5.65 Å². The van der Waals surface area contributed by atoms with Crippen LogP contribution < -0.4 is 14.6 Å². The molecule has 0 atom stereocenters. The molecule has 128 valence electrons. The fraction of sp³-hybridized carbons (Fsp3) is 0.158. The summed E-state index contributed by atoms with van der Waals surface area (Å²) in [7, 11) is 0. The van der Waals surface area contributed by atoms with Gasteiger partial charge in [0.2, 0.25) is 0 Å². The molecule has 5 rings (SSSR count).